The van der Waals surface area contributed by atoms with Gasteiger partial charge in [0.05, 0.1) is 0 Å². The Hall–Kier alpha value is -1.35. The number of nitrogens with two attached hydrogens (primary N) is 1. The lowest BCUT2D eigenvalue weighted by Crippen LogP contribution is -2.50. The van der Waals surface area contributed by atoms with Crippen molar-refractivity contribution in [3.05, 3.63) is 35.9 Å². The molecule has 1 heterocycles. The fourth-order valence-electron chi connectivity index (χ4n) is 3.64. The van der Waals surface area contributed by atoms with E-state index in [-0.39, 0.29) is 5.91 Å². The maximum Gasteiger partial charge on any atom is 0.246 e. The van der Waals surface area contributed by atoms with Gasteiger partial charge in [0.25, 0.3) is 0 Å². The van der Waals surface area contributed by atoms with Crippen molar-refractivity contribution in [2.45, 2.75) is 31.7 Å². The number of fused-ring (bicyclic) bond motifs is 1. The summed E-state index contributed by atoms with van der Waals surface area (Å²) in [5.41, 5.74) is 6.32. The van der Waals surface area contributed by atoms with E-state index in [1.54, 1.807) is 0 Å². The molecule has 2 aliphatic rings. The van der Waals surface area contributed by atoms with Gasteiger partial charge in [-0.1, -0.05) is 36.8 Å². The third-order valence-electron chi connectivity index (χ3n) is 4.83. The van der Waals surface area contributed by atoms with Gasteiger partial charge in [-0.2, -0.15) is 0 Å². The molecule has 1 aliphatic carbocycles. The zero-order valence-corrected chi connectivity index (χ0v) is 11.5. The Kier molecular flexibility index (Phi) is 3.09. The van der Waals surface area contributed by atoms with Crippen LogP contribution in [0.25, 0.3) is 0 Å². The molecular formula is C16H22N2O. The predicted molar refractivity (Wildman–Crippen MR) is 75.4 cm³/mol. The molecule has 1 aromatic carbocycles. The number of amides is 1. The van der Waals surface area contributed by atoms with Crippen molar-refractivity contribution in [2.75, 3.05) is 13.1 Å². The van der Waals surface area contributed by atoms with Gasteiger partial charge >= 0.3 is 0 Å². The first-order valence-electron chi connectivity index (χ1n) is 7.23. The molecule has 1 saturated heterocycles. The molecule has 0 bridgehead atoms. The first-order chi connectivity index (χ1) is 9.09. The summed E-state index contributed by atoms with van der Waals surface area (Å²) in [6.45, 7) is 3.64. The van der Waals surface area contributed by atoms with Crippen LogP contribution < -0.4 is 5.73 Å². The van der Waals surface area contributed by atoms with Crippen molar-refractivity contribution in [1.82, 2.24) is 4.90 Å². The highest BCUT2D eigenvalue weighted by molar-refractivity contribution is 5.87. The van der Waals surface area contributed by atoms with Gasteiger partial charge in [-0.05, 0) is 37.2 Å². The zero-order valence-electron chi connectivity index (χ0n) is 11.5. The Bertz CT molecular complexity index is 457. The van der Waals surface area contributed by atoms with E-state index in [4.69, 9.17) is 5.73 Å². The van der Waals surface area contributed by atoms with Crippen LogP contribution in [0.2, 0.25) is 0 Å². The number of likely N-dealkylation sites (tertiary alicyclic amines) is 1. The van der Waals surface area contributed by atoms with Crippen LogP contribution in [0.3, 0.4) is 0 Å². The summed E-state index contributed by atoms with van der Waals surface area (Å²) in [5.74, 6) is 1.51. The largest absolute Gasteiger partial charge is 0.340 e. The fourth-order valence-corrected chi connectivity index (χ4v) is 3.64. The van der Waals surface area contributed by atoms with Crippen LogP contribution >= 0.6 is 0 Å². The molecule has 3 heteroatoms. The minimum absolute atomic E-state index is 0.0769. The van der Waals surface area contributed by atoms with Crippen LogP contribution in [-0.2, 0) is 10.3 Å². The van der Waals surface area contributed by atoms with Gasteiger partial charge in [-0.25, -0.2) is 0 Å². The van der Waals surface area contributed by atoms with Gasteiger partial charge in [0.15, 0.2) is 0 Å². The quantitative estimate of drug-likeness (QED) is 0.883. The van der Waals surface area contributed by atoms with Crippen LogP contribution in [-0.4, -0.2) is 23.9 Å². The van der Waals surface area contributed by atoms with Crippen LogP contribution in [0.1, 0.15) is 31.7 Å². The molecule has 0 spiro atoms. The number of hydrogen-bond acceptors (Lipinski definition) is 2. The second kappa shape index (κ2) is 4.64. The lowest BCUT2D eigenvalue weighted by molar-refractivity contribution is -0.136. The molecule has 3 rings (SSSR count). The smallest absolute Gasteiger partial charge is 0.246 e. The zero-order chi connectivity index (χ0) is 13.5. The fraction of sp³-hybridized carbons (Fsp3) is 0.562. The Morgan fingerprint density at radius 1 is 1.21 bits per heavy atom. The van der Waals surface area contributed by atoms with Gasteiger partial charge in [0.1, 0.15) is 5.54 Å². The van der Waals surface area contributed by atoms with Crippen molar-refractivity contribution >= 4 is 5.91 Å². The van der Waals surface area contributed by atoms with Gasteiger partial charge in [0.2, 0.25) is 5.91 Å². The van der Waals surface area contributed by atoms with Crippen molar-refractivity contribution in [3.8, 4) is 0 Å². The molecule has 1 saturated carbocycles. The number of carbonyl (C=O) groups is 1. The molecule has 0 radical (unpaired) electrons. The highest BCUT2D eigenvalue weighted by Gasteiger charge is 2.42. The third kappa shape index (κ3) is 2.16. The van der Waals surface area contributed by atoms with Gasteiger partial charge in [-0.3, -0.25) is 4.79 Å². The Morgan fingerprint density at radius 3 is 2.37 bits per heavy atom. The number of rotatable bonds is 2. The van der Waals surface area contributed by atoms with Gasteiger partial charge < -0.3 is 10.6 Å². The number of nitrogens with zero attached hydrogens (tertiary/aromatic N) is 1. The minimum Gasteiger partial charge on any atom is -0.340 e. The summed E-state index contributed by atoms with van der Waals surface area (Å²) in [7, 11) is 0. The van der Waals surface area contributed by atoms with Gasteiger partial charge in [0, 0.05) is 13.1 Å². The maximum absolute atomic E-state index is 12.7. The van der Waals surface area contributed by atoms with E-state index in [0.717, 1.165) is 30.5 Å². The Labute approximate surface area is 114 Å². The predicted octanol–water partition coefficient (Wildman–Crippen LogP) is 2.12. The first-order valence-corrected chi connectivity index (χ1v) is 7.23. The maximum atomic E-state index is 12.7. The van der Waals surface area contributed by atoms with E-state index in [1.165, 1.54) is 19.3 Å². The van der Waals surface area contributed by atoms with Crippen LogP contribution in [0.5, 0.6) is 0 Å². The van der Waals surface area contributed by atoms with Gasteiger partial charge in [-0.15, -0.1) is 0 Å². The highest BCUT2D eigenvalue weighted by atomic mass is 16.2. The number of benzene rings is 1. The summed E-state index contributed by atoms with van der Waals surface area (Å²) in [5, 5.41) is 0. The second-order valence-corrected chi connectivity index (χ2v) is 6.23. The molecule has 1 aliphatic heterocycles. The topological polar surface area (TPSA) is 46.3 Å². The van der Waals surface area contributed by atoms with E-state index >= 15 is 0 Å². The van der Waals surface area contributed by atoms with E-state index in [0.29, 0.717) is 0 Å². The normalized spacial score (nSPS) is 29.1. The summed E-state index contributed by atoms with van der Waals surface area (Å²) < 4.78 is 0. The van der Waals surface area contributed by atoms with E-state index in [1.807, 2.05) is 42.2 Å². The van der Waals surface area contributed by atoms with E-state index < -0.39 is 5.54 Å². The van der Waals surface area contributed by atoms with Crippen molar-refractivity contribution < 1.29 is 4.79 Å². The molecule has 3 unspecified atom stereocenters. The summed E-state index contributed by atoms with van der Waals surface area (Å²) in [6.07, 6.45) is 3.89. The molecule has 102 valence electrons. The van der Waals surface area contributed by atoms with Crippen LogP contribution in [0.15, 0.2) is 30.3 Å². The lowest BCUT2D eigenvalue weighted by atomic mass is 9.91. The number of hydrogen-bond donors (Lipinski definition) is 1. The monoisotopic (exact) mass is 258 g/mol. The van der Waals surface area contributed by atoms with Crippen molar-refractivity contribution in [3.63, 3.8) is 0 Å². The molecule has 0 aromatic heterocycles. The van der Waals surface area contributed by atoms with Crippen LogP contribution in [0.4, 0.5) is 0 Å². The van der Waals surface area contributed by atoms with Crippen molar-refractivity contribution in [2.24, 2.45) is 17.6 Å². The third-order valence-corrected chi connectivity index (χ3v) is 4.83. The molecule has 2 fully saturated rings. The Balaban J connectivity index is 1.77. The minimum atomic E-state index is -0.903. The van der Waals surface area contributed by atoms with E-state index in [9.17, 15) is 4.79 Å². The van der Waals surface area contributed by atoms with Crippen LogP contribution in [0, 0.1) is 11.8 Å². The summed E-state index contributed by atoms with van der Waals surface area (Å²) in [6, 6.07) is 9.70. The first kappa shape index (κ1) is 12.7. The summed E-state index contributed by atoms with van der Waals surface area (Å²) in [4.78, 5) is 14.7. The standard InChI is InChI=1S/C16H22N2O/c1-16(17,14-8-3-2-4-9-14)15(19)18-10-12-6-5-7-13(12)11-18/h2-4,8-9,12-13H,5-7,10-11,17H2,1H3. The molecule has 1 aromatic rings. The van der Waals surface area contributed by atoms with E-state index in [2.05, 4.69) is 0 Å². The molecule has 1 amide bonds. The molecular weight excluding hydrogens is 236 g/mol. The molecule has 3 atom stereocenters. The lowest BCUT2D eigenvalue weighted by Gasteiger charge is -2.30. The molecule has 19 heavy (non-hydrogen) atoms. The SMILES string of the molecule is CC(N)(C(=O)N1CC2CCCC2C1)c1ccccc1. The average molecular weight is 258 g/mol. The second-order valence-electron chi connectivity index (χ2n) is 6.23. The Morgan fingerprint density at radius 2 is 1.79 bits per heavy atom. The average Bonchev–Trinajstić information content (AvgIpc) is 2.99. The number of carbonyl (C=O) groups excluding carboxylic acids is 1. The molecule has 3 nitrogen and oxygen atoms in total. The molecule has 2 N–H and O–H groups in total. The van der Waals surface area contributed by atoms with Crippen molar-refractivity contribution in [1.29, 1.82) is 0 Å². The highest BCUT2D eigenvalue weighted by Crippen LogP contribution is 2.38. The summed E-state index contributed by atoms with van der Waals surface area (Å²) >= 11 is 0.